The fourth-order valence-corrected chi connectivity index (χ4v) is 3.10. The largest absolute Gasteiger partial charge is 0.479 e. The van der Waals surface area contributed by atoms with Crippen molar-refractivity contribution < 1.29 is 9.47 Å². The summed E-state index contributed by atoms with van der Waals surface area (Å²) >= 11 is 0. The van der Waals surface area contributed by atoms with Crippen LogP contribution in [0.2, 0.25) is 0 Å². The number of aliphatic imine (C=N–C) groups is 1. The second kappa shape index (κ2) is 15.7. The Morgan fingerprint density at radius 3 is 2.58 bits per heavy atom. The molecule has 3 nitrogen and oxygen atoms in total. The van der Waals surface area contributed by atoms with Crippen LogP contribution in [0, 0.1) is 0 Å². The minimum atomic E-state index is 0.416. The van der Waals surface area contributed by atoms with E-state index in [0.29, 0.717) is 6.10 Å². The van der Waals surface area contributed by atoms with Gasteiger partial charge >= 0.3 is 0 Å². The van der Waals surface area contributed by atoms with Gasteiger partial charge in [-0.25, -0.2) is 0 Å². The van der Waals surface area contributed by atoms with Crippen LogP contribution in [0.3, 0.4) is 0 Å². The van der Waals surface area contributed by atoms with E-state index in [-0.39, 0.29) is 0 Å². The lowest BCUT2D eigenvalue weighted by atomic mass is 10.1. The van der Waals surface area contributed by atoms with E-state index in [1.165, 1.54) is 70.6 Å². The van der Waals surface area contributed by atoms with E-state index in [1.807, 2.05) is 7.11 Å². The molecular weight excluding hydrogens is 298 g/mol. The molecule has 0 aromatic heterocycles. The molecule has 140 valence electrons. The van der Waals surface area contributed by atoms with Gasteiger partial charge in [0.05, 0.1) is 12.6 Å². The highest BCUT2D eigenvalue weighted by molar-refractivity contribution is 5.77. The van der Waals surface area contributed by atoms with Crippen LogP contribution in [-0.4, -0.2) is 32.3 Å². The van der Waals surface area contributed by atoms with Gasteiger partial charge in [-0.1, -0.05) is 64.0 Å². The van der Waals surface area contributed by atoms with Crippen molar-refractivity contribution in [1.29, 1.82) is 0 Å². The summed E-state index contributed by atoms with van der Waals surface area (Å²) in [6.45, 7) is 3.92. The van der Waals surface area contributed by atoms with Crippen LogP contribution in [0.5, 0.6) is 0 Å². The van der Waals surface area contributed by atoms with E-state index in [1.54, 1.807) is 0 Å². The second-order valence-corrected chi connectivity index (χ2v) is 6.84. The Morgan fingerprint density at radius 2 is 1.83 bits per heavy atom. The molecule has 1 aliphatic heterocycles. The molecule has 1 rings (SSSR count). The first-order chi connectivity index (χ1) is 11.9. The fraction of sp³-hybridized carbons (Fsp3) is 0.857. The maximum atomic E-state index is 5.57. The van der Waals surface area contributed by atoms with Crippen LogP contribution in [0.4, 0.5) is 0 Å². The molecule has 0 radical (unpaired) electrons. The molecule has 3 heteroatoms. The number of hydrogen-bond donors (Lipinski definition) is 0. The summed E-state index contributed by atoms with van der Waals surface area (Å²) in [5.41, 5.74) is 0. The zero-order valence-corrected chi connectivity index (χ0v) is 16.1. The smallest absolute Gasteiger partial charge is 0.183 e. The van der Waals surface area contributed by atoms with Crippen molar-refractivity contribution in [3.63, 3.8) is 0 Å². The predicted octanol–water partition coefficient (Wildman–Crippen LogP) is 6.08. The molecular formula is C21H39NO2. The normalized spacial score (nSPS) is 15.7. The molecule has 0 bridgehead atoms. The van der Waals surface area contributed by atoms with E-state index < -0.39 is 0 Å². The van der Waals surface area contributed by atoms with E-state index in [2.05, 4.69) is 24.1 Å². The van der Waals surface area contributed by atoms with Gasteiger partial charge in [0.15, 0.2) is 5.90 Å². The number of ether oxygens (including phenoxy) is 2. The summed E-state index contributed by atoms with van der Waals surface area (Å²) in [5.74, 6) is 0.986. The van der Waals surface area contributed by atoms with E-state index >= 15 is 0 Å². The lowest BCUT2D eigenvalue weighted by Gasteiger charge is -2.12. The highest BCUT2D eigenvalue weighted by Gasteiger charge is 2.06. The first-order valence-electron chi connectivity index (χ1n) is 10.2. The average Bonchev–Trinajstić information content (AvgIpc) is 3.11. The molecule has 0 saturated heterocycles. The summed E-state index contributed by atoms with van der Waals surface area (Å²) in [7, 11) is 1.85. The van der Waals surface area contributed by atoms with Crippen molar-refractivity contribution >= 4 is 5.90 Å². The molecule has 0 saturated carbocycles. The third-order valence-electron chi connectivity index (χ3n) is 4.69. The molecule has 0 aromatic rings. The maximum Gasteiger partial charge on any atom is 0.183 e. The van der Waals surface area contributed by atoms with Crippen LogP contribution in [0.1, 0.15) is 90.4 Å². The Labute approximate surface area is 149 Å². The predicted molar refractivity (Wildman–Crippen MR) is 104 cm³/mol. The van der Waals surface area contributed by atoms with Crippen molar-refractivity contribution in [2.24, 2.45) is 4.99 Å². The third kappa shape index (κ3) is 11.7. The van der Waals surface area contributed by atoms with Gasteiger partial charge < -0.3 is 9.47 Å². The van der Waals surface area contributed by atoms with Gasteiger partial charge in [0.25, 0.3) is 0 Å². The van der Waals surface area contributed by atoms with Crippen molar-refractivity contribution in [3.05, 3.63) is 12.2 Å². The molecule has 0 fully saturated rings. The number of unbranched alkanes of at least 4 members (excludes halogenated alkanes) is 8. The highest BCUT2D eigenvalue weighted by atomic mass is 16.5. The zero-order chi connectivity index (χ0) is 17.3. The van der Waals surface area contributed by atoms with Crippen LogP contribution >= 0.6 is 0 Å². The third-order valence-corrected chi connectivity index (χ3v) is 4.69. The first kappa shape index (κ1) is 21.2. The Kier molecular flexibility index (Phi) is 13.9. The van der Waals surface area contributed by atoms with Crippen LogP contribution in [-0.2, 0) is 9.47 Å². The first-order valence-corrected chi connectivity index (χ1v) is 10.2. The Morgan fingerprint density at radius 1 is 1.04 bits per heavy atom. The van der Waals surface area contributed by atoms with E-state index in [4.69, 9.17) is 9.47 Å². The van der Waals surface area contributed by atoms with Crippen molar-refractivity contribution in [2.45, 2.75) is 96.5 Å². The minimum absolute atomic E-state index is 0.416. The Balaban J connectivity index is 1.87. The number of methoxy groups -OCH3 is 1. The van der Waals surface area contributed by atoms with Crippen molar-refractivity contribution in [2.75, 3.05) is 20.3 Å². The standard InChI is InChI=1S/C21H39NO2/c1-3-4-5-12-15-20(23-2)16-13-10-8-6-7-9-11-14-17-21-22-18-19-24-21/h10,13,20H,3-9,11-12,14-19H2,1-2H3/b13-10-. The Hall–Kier alpha value is -0.830. The summed E-state index contributed by atoms with van der Waals surface area (Å²) in [5, 5.41) is 0. The summed E-state index contributed by atoms with van der Waals surface area (Å²) in [6.07, 6.45) is 21.4. The Bertz CT molecular complexity index is 339. The van der Waals surface area contributed by atoms with Crippen LogP contribution in [0.15, 0.2) is 17.1 Å². The van der Waals surface area contributed by atoms with Gasteiger partial charge in [0, 0.05) is 13.5 Å². The summed E-state index contributed by atoms with van der Waals surface area (Å²) in [6, 6.07) is 0. The lowest BCUT2D eigenvalue weighted by molar-refractivity contribution is 0.0952. The van der Waals surface area contributed by atoms with E-state index in [9.17, 15) is 0 Å². The monoisotopic (exact) mass is 337 g/mol. The highest BCUT2D eigenvalue weighted by Crippen LogP contribution is 2.13. The zero-order valence-electron chi connectivity index (χ0n) is 16.1. The van der Waals surface area contributed by atoms with Gasteiger partial charge in [-0.2, -0.15) is 0 Å². The van der Waals surface area contributed by atoms with Crippen LogP contribution in [0.25, 0.3) is 0 Å². The molecule has 0 aromatic carbocycles. The summed E-state index contributed by atoms with van der Waals surface area (Å²) in [4.78, 5) is 4.33. The molecule has 0 spiro atoms. The lowest BCUT2D eigenvalue weighted by Crippen LogP contribution is -2.08. The second-order valence-electron chi connectivity index (χ2n) is 6.84. The number of rotatable bonds is 16. The van der Waals surface area contributed by atoms with Gasteiger partial charge in [0.1, 0.15) is 6.61 Å². The summed E-state index contributed by atoms with van der Waals surface area (Å²) < 4.78 is 11.0. The number of nitrogens with zero attached hydrogens (tertiary/aromatic N) is 1. The molecule has 0 N–H and O–H groups in total. The number of allylic oxidation sites excluding steroid dienone is 1. The quantitative estimate of drug-likeness (QED) is 0.252. The number of hydrogen-bond acceptors (Lipinski definition) is 3. The molecule has 0 amide bonds. The minimum Gasteiger partial charge on any atom is -0.479 e. The fourth-order valence-electron chi connectivity index (χ4n) is 3.10. The molecule has 24 heavy (non-hydrogen) atoms. The SMILES string of the molecule is CCCCCCC(C/C=C\CCCCCCCC1=NCCO1)OC. The van der Waals surface area contributed by atoms with Crippen molar-refractivity contribution in [1.82, 2.24) is 0 Å². The van der Waals surface area contributed by atoms with Crippen molar-refractivity contribution in [3.8, 4) is 0 Å². The average molecular weight is 338 g/mol. The van der Waals surface area contributed by atoms with Gasteiger partial charge in [-0.05, 0) is 32.1 Å². The molecule has 1 unspecified atom stereocenters. The molecule has 1 aliphatic rings. The van der Waals surface area contributed by atoms with Crippen LogP contribution < -0.4 is 0 Å². The molecule has 1 heterocycles. The molecule has 1 atom stereocenters. The van der Waals surface area contributed by atoms with E-state index in [0.717, 1.165) is 31.9 Å². The van der Waals surface area contributed by atoms with Gasteiger partial charge in [-0.3, -0.25) is 4.99 Å². The van der Waals surface area contributed by atoms with Gasteiger partial charge in [-0.15, -0.1) is 0 Å². The maximum absolute atomic E-state index is 5.57. The van der Waals surface area contributed by atoms with Gasteiger partial charge in [0.2, 0.25) is 0 Å². The molecule has 0 aliphatic carbocycles. The topological polar surface area (TPSA) is 30.8 Å².